The number of carbonyl (C=O) groups excluding carboxylic acids is 1. The minimum absolute atomic E-state index is 0.0214. The number of pyridine rings is 1. The van der Waals surface area contributed by atoms with Gasteiger partial charge in [0.05, 0.1) is 22.3 Å². The van der Waals surface area contributed by atoms with Crippen LogP contribution in [0.2, 0.25) is 5.02 Å². The lowest BCUT2D eigenvalue weighted by Crippen LogP contribution is -2.34. The number of Topliss-reactive ketones (excluding diaryl/α,β-unsaturated/α-hetero) is 1. The van der Waals surface area contributed by atoms with Gasteiger partial charge in [0.2, 0.25) is 0 Å². The maximum absolute atomic E-state index is 12.1. The highest BCUT2D eigenvalue weighted by Crippen LogP contribution is 2.36. The summed E-state index contributed by atoms with van der Waals surface area (Å²) in [6.07, 6.45) is 3.34. The van der Waals surface area contributed by atoms with Gasteiger partial charge in [-0.15, -0.1) is 0 Å². The first kappa shape index (κ1) is 14.8. The van der Waals surface area contributed by atoms with Crippen LogP contribution in [-0.2, 0) is 0 Å². The third-order valence-corrected chi connectivity index (χ3v) is 4.50. The highest BCUT2D eigenvalue weighted by Gasteiger charge is 2.25. The van der Waals surface area contributed by atoms with E-state index in [1.54, 1.807) is 19.2 Å². The number of nitriles is 1. The number of ketones is 1. The van der Waals surface area contributed by atoms with Crippen LogP contribution in [0.4, 0.5) is 5.69 Å². The van der Waals surface area contributed by atoms with Gasteiger partial charge in [-0.05, 0) is 38.0 Å². The summed E-state index contributed by atoms with van der Waals surface area (Å²) in [7, 11) is 0. The van der Waals surface area contributed by atoms with E-state index < -0.39 is 0 Å². The molecule has 1 fully saturated rings. The second-order valence-electron chi connectivity index (χ2n) is 5.60. The molecule has 0 bridgehead atoms. The van der Waals surface area contributed by atoms with Gasteiger partial charge < -0.3 is 4.90 Å². The van der Waals surface area contributed by atoms with Crippen molar-refractivity contribution in [2.24, 2.45) is 5.92 Å². The maximum Gasteiger partial charge on any atom is 0.162 e. The number of fused-ring (bicyclic) bond motifs is 1. The second-order valence-corrected chi connectivity index (χ2v) is 6.01. The Labute approximate surface area is 134 Å². The van der Waals surface area contributed by atoms with E-state index >= 15 is 0 Å². The summed E-state index contributed by atoms with van der Waals surface area (Å²) in [5.74, 6) is 0.0791. The lowest BCUT2D eigenvalue weighted by atomic mass is 9.96. The van der Waals surface area contributed by atoms with Gasteiger partial charge in [-0.1, -0.05) is 11.6 Å². The highest BCUT2D eigenvalue weighted by atomic mass is 35.5. The number of halogens is 1. The Bertz CT molecular complexity index is 773. The predicted molar refractivity (Wildman–Crippen MR) is 87.3 cm³/mol. The third kappa shape index (κ3) is 2.53. The normalized spacial score (nSPS) is 15.8. The molecular weight excluding hydrogens is 298 g/mol. The van der Waals surface area contributed by atoms with E-state index in [0.29, 0.717) is 10.6 Å². The van der Waals surface area contributed by atoms with Gasteiger partial charge in [-0.2, -0.15) is 5.26 Å². The Balaban J connectivity index is 2.15. The monoisotopic (exact) mass is 313 g/mol. The van der Waals surface area contributed by atoms with Crippen molar-refractivity contribution in [3.8, 4) is 6.07 Å². The molecule has 0 radical (unpaired) electrons. The van der Waals surface area contributed by atoms with Crippen LogP contribution < -0.4 is 4.90 Å². The summed E-state index contributed by atoms with van der Waals surface area (Å²) < 4.78 is 0. The molecule has 0 spiro atoms. The molecule has 0 aliphatic carbocycles. The molecule has 0 N–H and O–H groups in total. The summed E-state index contributed by atoms with van der Waals surface area (Å²) in [5, 5.41) is 10.4. The molecule has 0 atom stereocenters. The Kier molecular flexibility index (Phi) is 4.00. The number of piperidine rings is 1. The Hall–Kier alpha value is -2.12. The minimum Gasteiger partial charge on any atom is -0.369 e. The third-order valence-electron chi connectivity index (χ3n) is 4.19. The number of rotatable bonds is 2. The lowest BCUT2D eigenvalue weighted by Gasteiger charge is -2.33. The van der Waals surface area contributed by atoms with E-state index in [4.69, 9.17) is 16.9 Å². The Morgan fingerprint density at radius 1 is 1.45 bits per heavy atom. The number of hydrogen-bond donors (Lipinski definition) is 0. The average molecular weight is 314 g/mol. The fraction of sp³-hybridized carbons (Fsp3) is 0.353. The van der Waals surface area contributed by atoms with Crippen LogP contribution in [0.15, 0.2) is 24.4 Å². The molecule has 3 rings (SSSR count). The molecule has 4 nitrogen and oxygen atoms in total. The van der Waals surface area contributed by atoms with Crippen LogP contribution in [0, 0.1) is 17.2 Å². The fourth-order valence-corrected chi connectivity index (χ4v) is 3.27. The molecule has 2 heterocycles. The topological polar surface area (TPSA) is 57.0 Å². The molecule has 112 valence electrons. The van der Waals surface area contributed by atoms with Crippen molar-refractivity contribution in [3.05, 3.63) is 35.0 Å². The number of nitrogens with zero attached hydrogens (tertiary/aromatic N) is 3. The van der Waals surface area contributed by atoms with Crippen LogP contribution in [0.5, 0.6) is 0 Å². The smallest absolute Gasteiger partial charge is 0.162 e. The van der Waals surface area contributed by atoms with E-state index in [1.165, 1.54) is 0 Å². The van der Waals surface area contributed by atoms with Crippen molar-refractivity contribution in [2.75, 3.05) is 18.0 Å². The number of anilines is 1. The van der Waals surface area contributed by atoms with E-state index in [1.807, 2.05) is 12.1 Å². The number of carbonyl (C=O) groups is 1. The molecular formula is C17H16ClN3O. The average Bonchev–Trinajstić information content (AvgIpc) is 2.55. The standard InChI is InChI=1S/C17H16ClN3O/c1-11(22)14-9-15(18)13-3-2-6-20-16(13)17(14)21-7-4-12(10-19)5-8-21/h2-3,6,9,12H,4-5,7-8H2,1H3. The minimum atomic E-state index is -0.0214. The van der Waals surface area contributed by atoms with Crippen molar-refractivity contribution in [3.63, 3.8) is 0 Å². The summed E-state index contributed by atoms with van der Waals surface area (Å²) >= 11 is 6.31. The van der Waals surface area contributed by atoms with Crippen molar-refractivity contribution in [1.82, 2.24) is 4.98 Å². The van der Waals surface area contributed by atoms with Crippen molar-refractivity contribution in [1.29, 1.82) is 5.26 Å². The maximum atomic E-state index is 12.1. The van der Waals surface area contributed by atoms with Gasteiger partial charge >= 0.3 is 0 Å². The van der Waals surface area contributed by atoms with Gasteiger partial charge in [-0.3, -0.25) is 9.78 Å². The molecule has 0 amide bonds. The second kappa shape index (κ2) is 5.94. The van der Waals surface area contributed by atoms with Crippen LogP contribution >= 0.6 is 11.6 Å². The van der Waals surface area contributed by atoms with Gasteiger partial charge in [0.1, 0.15) is 0 Å². The zero-order chi connectivity index (χ0) is 15.7. The highest BCUT2D eigenvalue weighted by molar-refractivity contribution is 6.36. The molecule has 1 aromatic heterocycles. The quantitative estimate of drug-likeness (QED) is 0.791. The molecule has 1 aliphatic rings. The summed E-state index contributed by atoms with van der Waals surface area (Å²) in [5.41, 5.74) is 2.21. The van der Waals surface area contributed by atoms with Crippen LogP contribution in [0.3, 0.4) is 0 Å². The molecule has 1 aliphatic heterocycles. The van der Waals surface area contributed by atoms with E-state index in [-0.39, 0.29) is 11.7 Å². The van der Waals surface area contributed by atoms with Gasteiger partial charge in [0, 0.05) is 36.2 Å². The van der Waals surface area contributed by atoms with E-state index in [9.17, 15) is 4.79 Å². The zero-order valence-electron chi connectivity index (χ0n) is 12.3. The Morgan fingerprint density at radius 3 is 2.82 bits per heavy atom. The van der Waals surface area contributed by atoms with E-state index in [0.717, 1.165) is 42.5 Å². The molecule has 1 saturated heterocycles. The number of benzene rings is 1. The Morgan fingerprint density at radius 2 is 2.18 bits per heavy atom. The largest absolute Gasteiger partial charge is 0.369 e. The molecule has 0 saturated carbocycles. The number of hydrogen-bond acceptors (Lipinski definition) is 4. The van der Waals surface area contributed by atoms with Gasteiger partial charge in [-0.25, -0.2) is 0 Å². The first-order chi connectivity index (χ1) is 10.6. The van der Waals surface area contributed by atoms with Crippen molar-refractivity contribution < 1.29 is 4.79 Å². The van der Waals surface area contributed by atoms with Crippen LogP contribution in [0.25, 0.3) is 10.9 Å². The van der Waals surface area contributed by atoms with Crippen molar-refractivity contribution in [2.45, 2.75) is 19.8 Å². The summed E-state index contributed by atoms with van der Waals surface area (Å²) in [6.45, 7) is 3.06. The number of aromatic nitrogens is 1. The van der Waals surface area contributed by atoms with Crippen LogP contribution in [0.1, 0.15) is 30.1 Å². The molecule has 2 aromatic rings. The van der Waals surface area contributed by atoms with Gasteiger partial charge in [0.25, 0.3) is 0 Å². The summed E-state index contributed by atoms with van der Waals surface area (Å²) in [4.78, 5) is 18.7. The summed E-state index contributed by atoms with van der Waals surface area (Å²) in [6, 6.07) is 7.82. The fourth-order valence-electron chi connectivity index (χ4n) is 3.01. The van der Waals surface area contributed by atoms with Crippen LogP contribution in [-0.4, -0.2) is 23.9 Å². The lowest BCUT2D eigenvalue weighted by molar-refractivity contribution is 0.101. The van der Waals surface area contributed by atoms with E-state index in [2.05, 4.69) is 16.0 Å². The molecule has 1 aromatic carbocycles. The zero-order valence-corrected chi connectivity index (χ0v) is 13.1. The van der Waals surface area contributed by atoms with Crippen molar-refractivity contribution >= 4 is 34.0 Å². The first-order valence-electron chi connectivity index (χ1n) is 7.34. The first-order valence-corrected chi connectivity index (χ1v) is 7.72. The molecule has 22 heavy (non-hydrogen) atoms. The SMILES string of the molecule is CC(=O)c1cc(Cl)c2cccnc2c1N1CCC(C#N)CC1. The molecule has 0 unspecified atom stereocenters. The van der Waals surface area contributed by atoms with Gasteiger partial charge in [0.15, 0.2) is 5.78 Å². The predicted octanol–water partition coefficient (Wildman–Crippen LogP) is 3.83. The molecule has 5 heteroatoms.